The van der Waals surface area contributed by atoms with E-state index in [1.54, 1.807) is 28.4 Å². The summed E-state index contributed by atoms with van der Waals surface area (Å²) in [7, 11) is 7.07. The zero-order valence-corrected chi connectivity index (χ0v) is 37.7. The second-order valence-corrected chi connectivity index (χ2v) is 19.6. The van der Waals surface area contributed by atoms with Gasteiger partial charge in [-0.2, -0.15) is 0 Å². The number of aliphatic hydroxyl groups is 1. The molecule has 7 bridgehead atoms. The van der Waals surface area contributed by atoms with Crippen LogP contribution in [-0.4, -0.2) is 112 Å². The van der Waals surface area contributed by atoms with Crippen LogP contribution < -0.4 is 0 Å². The van der Waals surface area contributed by atoms with Crippen molar-refractivity contribution in [3.8, 4) is 0 Å². The lowest BCUT2D eigenvalue weighted by Crippen LogP contribution is -2.79. The topological polar surface area (TPSA) is 113 Å². The lowest BCUT2D eigenvalue weighted by Gasteiger charge is -2.70. The number of ether oxygens (including phenoxy) is 6. The fourth-order valence-corrected chi connectivity index (χ4v) is 14.6. The molecule has 6 rings (SSSR count). The van der Waals surface area contributed by atoms with Gasteiger partial charge in [-0.3, -0.25) is 14.5 Å². The number of unbranched alkanes of at least 4 members (excludes halogenated alkanes) is 15. The summed E-state index contributed by atoms with van der Waals surface area (Å²) in [6.45, 7) is 8.41. The van der Waals surface area contributed by atoms with Crippen molar-refractivity contribution in [1.29, 1.82) is 0 Å². The van der Waals surface area contributed by atoms with Crippen molar-refractivity contribution in [3.63, 3.8) is 0 Å². The number of esters is 2. The van der Waals surface area contributed by atoms with Crippen molar-refractivity contribution < 1.29 is 43.1 Å². The largest absolute Gasteiger partial charge is 0.461 e. The van der Waals surface area contributed by atoms with Gasteiger partial charge in [0.25, 0.3) is 0 Å². The zero-order valence-electron chi connectivity index (χ0n) is 37.7. The molecule has 334 valence electrons. The van der Waals surface area contributed by atoms with E-state index in [0.717, 1.165) is 45.1 Å². The van der Waals surface area contributed by atoms with Crippen LogP contribution in [0.5, 0.6) is 0 Å². The second kappa shape index (κ2) is 20.7. The Morgan fingerprint density at radius 2 is 1.29 bits per heavy atom. The SMILES string of the molecule is CCCCCCCCCCCCCCCCCC(=O)O[C@]12C[C@H](OC)C3CC(C1[C@H]3OC(=O)CCCC)[C@@]13C4C2[C@H](OC)C1[C@](COC)(CN4CC)[C@H](O)C[C@@H]3OC. The van der Waals surface area contributed by atoms with Crippen molar-refractivity contribution in [3.05, 3.63) is 0 Å². The first kappa shape index (κ1) is 46.2. The fourth-order valence-electron chi connectivity index (χ4n) is 14.6. The van der Waals surface area contributed by atoms with E-state index in [1.807, 2.05) is 0 Å². The van der Waals surface area contributed by atoms with Gasteiger partial charge in [0.1, 0.15) is 11.7 Å². The monoisotopic (exact) mass is 818 g/mol. The summed E-state index contributed by atoms with van der Waals surface area (Å²) in [4.78, 5) is 30.6. The molecule has 5 saturated carbocycles. The molecule has 1 aliphatic heterocycles. The molecule has 14 atom stereocenters. The van der Waals surface area contributed by atoms with E-state index in [-0.39, 0.29) is 65.9 Å². The summed E-state index contributed by atoms with van der Waals surface area (Å²) < 4.78 is 39.5. The summed E-state index contributed by atoms with van der Waals surface area (Å²) in [6.07, 6.45) is 21.4. The molecular weight excluding hydrogens is 735 g/mol. The average Bonchev–Trinajstić information content (AvgIpc) is 3.64. The van der Waals surface area contributed by atoms with Gasteiger partial charge in [-0.05, 0) is 31.7 Å². The highest BCUT2D eigenvalue weighted by molar-refractivity contribution is 5.71. The normalized spacial score (nSPS) is 39.6. The van der Waals surface area contributed by atoms with E-state index in [2.05, 4.69) is 25.7 Å². The number of carbonyl (C=O) groups is 2. The minimum atomic E-state index is -0.978. The standard InChI is InChI=1S/C48H83NO9/c1-8-11-13-14-15-16-17-18-19-20-21-22-23-24-25-27-39(52)58-47-30-35(54-5)33-28-34(40(47)42(33)57-38(51)26-12-9-2)48-37(55-6)29-36(50)46(32-53-4)31-49(10-3)45(48)41(47)43(56-7)44(46)48/h33-37,40-45,50H,8-32H2,1-7H3/t33?,34?,35-,36+,37-,40?,41?,42-,43-,44?,45?,46-,47+,48-/m0/s1. The Balaban J connectivity index is 1.22. The van der Waals surface area contributed by atoms with Crippen LogP contribution >= 0.6 is 0 Å². The Bertz CT molecular complexity index is 1320. The Morgan fingerprint density at radius 3 is 1.84 bits per heavy atom. The minimum Gasteiger partial charge on any atom is -0.461 e. The van der Waals surface area contributed by atoms with Crippen LogP contribution in [0, 0.1) is 40.4 Å². The number of piperidine rings is 1. The number of fused-ring (bicyclic) bond motifs is 2. The quantitative estimate of drug-likeness (QED) is 0.0639. The number of hydrogen-bond donors (Lipinski definition) is 1. The molecule has 6 aliphatic rings. The number of methoxy groups -OCH3 is 4. The first-order chi connectivity index (χ1) is 28.2. The minimum absolute atomic E-state index is 0.00495. The second-order valence-electron chi connectivity index (χ2n) is 19.6. The van der Waals surface area contributed by atoms with Gasteiger partial charge in [0.15, 0.2) is 0 Å². The van der Waals surface area contributed by atoms with Crippen LogP contribution in [-0.2, 0) is 38.0 Å². The van der Waals surface area contributed by atoms with Gasteiger partial charge in [-0.15, -0.1) is 0 Å². The Kier molecular flexibility index (Phi) is 16.5. The van der Waals surface area contributed by atoms with Crippen molar-refractivity contribution in [1.82, 2.24) is 4.90 Å². The summed E-state index contributed by atoms with van der Waals surface area (Å²) >= 11 is 0. The molecule has 1 heterocycles. The maximum atomic E-state index is 14.4. The van der Waals surface area contributed by atoms with E-state index in [4.69, 9.17) is 28.4 Å². The van der Waals surface area contributed by atoms with Crippen molar-refractivity contribution >= 4 is 11.9 Å². The highest BCUT2D eigenvalue weighted by Crippen LogP contribution is 2.80. The molecule has 6 fully saturated rings. The Hall–Kier alpha value is -1.30. The summed E-state index contributed by atoms with van der Waals surface area (Å²) in [6, 6.07) is -0.0134. The highest BCUT2D eigenvalue weighted by atomic mass is 16.6. The lowest BCUT2D eigenvalue weighted by molar-refractivity contribution is -0.298. The third-order valence-electron chi connectivity index (χ3n) is 16.7. The number of hydrogen-bond acceptors (Lipinski definition) is 10. The molecule has 5 aliphatic carbocycles. The van der Waals surface area contributed by atoms with Gasteiger partial charge in [0.2, 0.25) is 0 Å². The van der Waals surface area contributed by atoms with Crippen LogP contribution in [0.25, 0.3) is 0 Å². The third-order valence-corrected chi connectivity index (χ3v) is 16.7. The van der Waals surface area contributed by atoms with Gasteiger partial charge in [-0.1, -0.05) is 117 Å². The maximum absolute atomic E-state index is 14.4. The van der Waals surface area contributed by atoms with E-state index in [0.29, 0.717) is 38.8 Å². The Morgan fingerprint density at radius 1 is 0.690 bits per heavy atom. The summed E-state index contributed by atoms with van der Waals surface area (Å²) in [5, 5.41) is 12.2. The molecule has 1 N–H and O–H groups in total. The smallest absolute Gasteiger partial charge is 0.306 e. The molecule has 1 saturated heterocycles. The first-order valence-corrected chi connectivity index (χ1v) is 24.1. The zero-order chi connectivity index (χ0) is 41.5. The van der Waals surface area contributed by atoms with E-state index < -0.39 is 28.6 Å². The van der Waals surface area contributed by atoms with E-state index >= 15 is 0 Å². The van der Waals surface area contributed by atoms with Crippen LogP contribution in [0.2, 0.25) is 0 Å². The predicted molar refractivity (Wildman–Crippen MR) is 225 cm³/mol. The molecular formula is C48H83NO9. The molecule has 10 nitrogen and oxygen atoms in total. The van der Waals surface area contributed by atoms with Gasteiger partial charge >= 0.3 is 11.9 Å². The first-order valence-electron chi connectivity index (χ1n) is 24.1. The molecule has 10 heteroatoms. The van der Waals surface area contributed by atoms with Gasteiger partial charge < -0.3 is 33.5 Å². The van der Waals surface area contributed by atoms with Gasteiger partial charge in [-0.25, -0.2) is 0 Å². The predicted octanol–water partition coefficient (Wildman–Crippen LogP) is 8.68. The van der Waals surface area contributed by atoms with Gasteiger partial charge in [0, 0.05) is 101 Å². The third kappa shape index (κ3) is 8.20. The number of aliphatic hydroxyl groups excluding tert-OH is 1. The van der Waals surface area contributed by atoms with Crippen molar-refractivity contribution in [2.75, 3.05) is 48.1 Å². The molecule has 0 amide bonds. The van der Waals surface area contributed by atoms with E-state index in [9.17, 15) is 14.7 Å². The lowest BCUT2D eigenvalue weighted by atomic mass is 9.42. The van der Waals surface area contributed by atoms with E-state index in [1.165, 1.54) is 77.0 Å². The van der Waals surface area contributed by atoms with Gasteiger partial charge in [0.05, 0.1) is 31.0 Å². The summed E-state index contributed by atoms with van der Waals surface area (Å²) in [5.74, 6) is -0.948. The summed E-state index contributed by atoms with van der Waals surface area (Å²) in [5.41, 5.74) is -2.02. The molecule has 6 unspecified atom stereocenters. The van der Waals surface area contributed by atoms with Crippen molar-refractivity contribution in [2.24, 2.45) is 40.4 Å². The van der Waals surface area contributed by atoms with Crippen LogP contribution in [0.1, 0.15) is 162 Å². The number of likely N-dealkylation sites (tertiary alicyclic amines) is 1. The van der Waals surface area contributed by atoms with Crippen molar-refractivity contribution in [2.45, 2.75) is 204 Å². The molecule has 1 spiro atoms. The molecule has 0 aromatic carbocycles. The molecule has 0 radical (unpaired) electrons. The fraction of sp³-hybridized carbons (Fsp3) is 0.958. The van der Waals surface area contributed by atoms with Crippen LogP contribution in [0.15, 0.2) is 0 Å². The molecule has 0 aromatic heterocycles. The molecule has 58 heavy (non-hydrogen) atoms. The highest BCUT2D eigenvalue weighted by Gasteiger charge is 2.89. The number of carbonyl (C=O) groups excluding carboxylic acids is 2. The van der Waals surface area contributed by atoms with Crippen LogP contribution in [0.3, 0.4) is 0 Å². The number of nitrogens with zero attached hydrogens (tertiary/aromatic N) is 1. The maximum Gasteiger partial charge on any atom is 0.306 e. The van der Waals surface area contributed by atoms with Crippen LogP contribution in [0.4, 0.5) is 0 Å². The number of rotatable bonds is 27. The molecule has 0 aromatic rings. The Labute approximate surface area is 351 Å². The average molecular weight is 818 g/mol.